The van der Waals surface area contributed by atoms with Crippen LogP contribution in [-0.4, -0.2) is 61.8 Å². The van der Waals surface area contributed by atoms with Gasteiger partial charge in [0.1, 0.15) is 6.04 Å². The molecule has 0 aromatic carbocycles. The highest BCUT2D eigenvalue weighted by Gasteiger charge is 2.25. The van der Waals surface area contributed by atoms with E-state index < -0.39 is 22.0 Å². The van der Waals surface area contributed by atoms with E-state index in [0.29, 0.717) is 26.2 Å². The second kappa shape index (κ2) is 5.58. The van der Waals surface area contributed by atoms with Gasteiger partial charge >= 0.3 is 5.97 Å². The molecule has 0 bridgehead atoms. The van der Waals surface area contributed by atoms with Crippen LogP contribution < -0.4 is 11.1 Å². The Morgan fingerprint density at radius 3 is 2.50 bits per heavy atom. The first-order valence-corrected chi connectivity index (χ1v) is 6.71. The fourth-order valence-electron chi connectivity index (χ4n) is 1.45. The van der Waals surface area contributed by atoms with Crippen LogP contribution in [0.3, 0.4) is 0 Å². The minimum absolute atomic E-state index is 0.0540. The molecule has 0 radical (unpaired) electrons. The number of nitrogens with two attached hydrogens (primary N) is 1. The number of hydrogen-bond donors (Lipinski definition) is 3. The SMILES string of the molecule is N[C@@H](CCS(=O)(=O)N1CCNCC1)C(=O)O. The van der Waals surface area contributed by atoms with Gasteiger partial charge in [0.05, 0.1) is 5.75 Å². The molecule has 1 heterocycles. The minimum atomic E-state index is -3.36. The standard InChI is InChI=1S/C8H17N3O4S/c9-7(8(12)13)1-6-16(14,15)11-4-2-10-3-5-11/h7,10H,1-6,9H2,(H,12,13)/t7-/m0/s1. The van der Waals surface area contributed by atoms with Gasteiger partial charge in [-0.3, -0.25) is 4.79 Å². The van der Waals surface area contributed by atoms with Gasteiger partial charge in [0, 0.05) is 26.2 Å². The molecule has 1 atom stereocenters. The molecule has 0 saturated carbocycles. The number of carbonyl (C=O) groups is 1. The highest BCUT2D eigenvalue weighted by molar-refractivity contribution is 7.89. The minimum Gasteiger partial charge on any atom is -0.480 e. The number of rotatable bonds is 5. The van der Waals surface area contributed by atoms with Gasteiger partial charge in [-0.15, -0.1) is 0 Å². The van der Waals surface area contributed by atoms with Crippen molar-refractivity contribution >= 4 is 16.0 Å². The third-order valence-corrected chi connectivity index (χ3v) is 4.38. The van der Waals surface area contributed by atoms with Gasteiger partial charge in [0.15, 0.2) is 0 Å². The number of piperazine rings is 1. The molecule has 8 heteroatoms. The van der Waals surface area contributed by atoms with Gasteiger partial charge in [-0.2, -0.15) is 4.31 Å². The predicted molar refractivity (Wildman–Crippen MR) is 58.5 cm³/mol. The first-order valence-electron chi connectivity index (χ1n) is 5.10. The van der Waals surface area contributed by atoms with Crippen molar-refractivity contribution in [1.82, 2.24) is 9.62 Å². The number of carboxylic acid groups (broad SMARTS) is 1. The van der Waals surface area contributed by atoms with E-state index >= 15 is 0 Å². The van der Waals surface area contributed by atoms with Crippen molar-refractivity contribution in [2.24, 2.45) is 5.73 Å². The van der Waals surface area contributed by atoms with Crippen LogP contribution in [0.25, 0.3) is 0 Å². The molecule has 16 heavy (non-hydrogen) atoms. The summed E-state index contributed by atoms with van der Waals surface area (Å²) in [5.41, 5.74) is 5.26. The number of hydrogen-bond acceptors (Lipinski definition) is 5. The third-order valence-electron chi connectivity index (χ3n) is 2.47. The summed E-state index contributed by atoms with van der Waals surface area (Å²) in [7, 11) is -3.36. The predicted octanol–water partition coefficient (Wildman–Crippen LogP) is -1.98. The van der Waals surface area contributed by atoms with Gasteiger partial charge in [0.2, 0.25) is 10.0 Å². The lowest BCUT2D eigenvalue weighted by Crippen LogP contribution is -2.47. The summed E-state index contributed by atoms with van der Waals surface area (Å²) in [5, 5.41) is 11.6. The molecule has 94 valence electrons. The molecule has 0 unspecified atom stereocenters. The summed E-state index contributed by atoms with van der Waals surface area (Å²) in [4.78, 5) is 10.4. The summed E-state index contributed by atoms with van der Waals surface area (Å²) < 4.78 is 24.9. The molecular weight excluding hydrogens is 234 g/mol. The molecule has 4 N–H and O–H groups in total. The molecular formula is C8H17N3O4S. The fraction of sp³-hybridized carbons (Fsp3) is 0.875. The highest BCUT2D eigenvalue weighted by Crippen LogP contribution is 2.05. The summed E-state index contributed by atoms with van der Waals surface area (Å²) in [6.07, 6.45) is -0.0540. The van der Waals surface area contributed by atoms with Gasteiger partial charge in [-0.25, -0.2) is 8.42 Å². The number of carboxylic acids is 1. The molecule has 1 aliphatic rings. The van der Waals surface area contributed by atoms with Crippen molar-refractivity contribution in [3.05, 3.63) is 0 Å². The van der Waals surface area contributed by atoms with Crippen molar-refractivity contribution in [1.29, 1.82) is 0 Å². The van der Waals surface area contributed by atoms with Gasteiger partial charge in [-0.1, -0.05) is 0 Å². The second-order valence-corrected chi connectivity index (χ2v) is 5.79. The van der Waals surface area contributed by atoms with Crippen LogP contribution in [0.5, 0.6) is 0 Å². The number of aliphatic carboxylic acids is 1. The van der Waals surface area contributed by atoms with Crippen molar-refractivity contribution in [2.45, 2.75) is 12.5 Å². The van der Waals surface area contributed by atoms with E-state index in [1.165, 1.54) is 4.31 Å². The highest BCUT2D eigenvalue weighted by atomic mass is 32.2. The van der Waals surface area contributed by atoms with Crippen LogP contribution >= 0.6 is 0 Å². The van der Waals surface area contributed by atoms with Gasteiger partial charge in [0.25, 0.3) is 0 Å². The van der Waals surface area contributed by atoms with E-state index in [4.69, 9.17) is 10.8 Å². The summed E-state index contributed by atoms with van der Waals surface area (Å²) in [6, 6.07) is -1.11. The number of nitrogens with zero attached hydrogens (tertiary/aromatic N) is 1. The molecule has 1 fully saturated rings. The Labute approximate surface area is 94.7 Å². The normalized spacial score (nSPS) is 20.6. The Balaban J connectivity index is 2.47. The molecule has 0 aliphatic carbocycles. The molecule has 0 aromatic rings. The van der Waals surface area contributed by atoms with Crippen LogP contribution in [-0.2, 0) is 14.8 Å². The van der Waals surface area contributed by atoms with Crippen LogP contribution in [0.4, 0.5) is 0 Å². The maximum Gasteiger partial charge on any atom is 0.320 e. The lowest BCUT2D eigenvalue weighted by molar-refractivity contribution is -0.138. The molecule has 1 aliphatic heterocycles. The Kier molecular flexibility index (Phi) is 4.66. The number of sulfonamides is 1. The largest absolute Gasteiger partial charge is 0.480 e. The lowest BCUT2D eigenvalue weighted by Gasteiger charge is -2.26. The summed E-state index contributed by atoms with van der Waals surface area (Å²) in [5.74, 6) is -1.38. The molecule has 7 nitrogen and oxygen atoms in total. The zero-order valence-electron chi connectivity index (χ0n) is 8.92. The molecule has 1 saturated heterocycles. The van der Waals surface area contributed by atoms with Crippen molar-refractivity contribution < 1.29 is 18.3 Å². The molecule has 0 spiro atoms. The van der Waals surface area contributed by atoms with E-state index in [-0.39, 0.29) is 12.2 Å². The van der Waals surface area contributed by atoms with E-state index in [1.807, 2.05) is 0 Å². The topological polar surface area (TPSA) is 113 Å². The monoisotopic (exact) mass is 251 g/mol. The second-order valence-electron chi connectivity index (χ2n) is 3.70. The Morgan fingerprint density at radius 1 is 1.44 bits per heavy atom. The van der Waals surface area contributed by atoms with Crippen LogP contribution in [0.15, 0.2) is 0 Å². The maximum absolute atomic E-state index is 11.8. The van der Waals surface area contributed by atoms with Crippen LogP contribution in [0.2, 0.25) is 0 Å². The maximum atomic E-state index is 11.8. The summed E-state index contributed by atoms with van der Waals surface area (Å²) >= 11 is 0. The molecule has 1 rings (SSSR count). The van der Waals surface area contributed by atoms with E-state index in [2.05, 4.69) is 5.32 Å². The van der Waals surface area contributed by atoms with E-state index in [1.54, 1.807) is 0 Å². The Morgan fingerprint density at radius 2 is 2.00 bits per heavy atom. The average molecular weight is 251 g/mol. The van der Waals surface area contributed by atoms with Gasteiger partial charge < -0.3 is 16.2 Å². The summed E-state index contributed by atoms with van der Waals surface area (Å²) in [6.45, 7) is 2.13. The average Bonchev–Trinajstić information content (AvgIpc) is 2.27. The van der Waals surface area contributed by atoms with Gasteiger partial charge in [-0.05, 0) is 6.42 Å². The Bertz CT molecular complexity index is 337. The zero-order valence-corrected chi connectivity index (χ0v) is 9.74. The first-order chi connectivity index (χ1) is 7.43. The van der Waals surface area contributed by atoms with Crippen molar-refractivity contribution in [2.75, 3.05) is 31.9 Å². The Hall–Kier alpha value is -0.700. The lowest BCUT2D eigenvalue weighted by atomic mass is 10.2. The molecule has 0 amide bonds. The third kappa shape index (κ3) is 3.71. The van der Waals surface area contributed by atoms with Crippen molar-refractivity contribution in [3.63, 3.8) is 0 Å². The van der Waals surface area contributed by atoms with Crippen LogP contribution in [0.1, 0.15) is 6.42 Å². The van der Waals surface area contributed by atoms with E-state index in [0.717, 1.165) is 0 Å². The quantitative estimate of drug-likeness (QED) is 0.522. The fourth-order valence-corrected chi connectivity index (χ4v) is 3.00. The smallest absolute Gasteiger partial charge is 0.320 e. The van der Waals surface area contributed by atoms with Crippen LogP contribution in [0, 0.1) is 0 Å². The van der Waals surface area contributed by atoms with Crippen molar-refractivity contribution in [3.8, 4) is 0 Å². The molecule has 0 aromatic heterocycles. The zero-order chi connectivity index (χ0) is 12.2. The van der Waals surface area contributed by atoms with E-state index in [9.17, 15) is 13.2 Å². The number of nitrogens with one attached hydrogen (secondary N) is 1. The first kappa shape index (κ1) is 13.4.